The van der Waals surface area contributed by atoms with E-state index >= 15 is 0 Å². The highest BCUT2D eigenvalue weighted by Crippen LogP contribution is 2.19. The molecule has 23 heavy (non-hydrogen) atoms. The molecule has 0 unspecified atom stereocenters. The van der Waals surface area contributed by atoms with E-state index in [0.717, 1.165) is 5.56 Å². The Morgan fingerprint density at radius 2 is 2.04 bits per heavy atom. The van der Waals surface area contributed by atoms with E-state index in [2.05, 4.69) is 15.4 Å². The van der Waals surface area contributed by atoms with Gasteiger partial charge in [0.05, 0.1) is 17.5 Å². The number of carbonyl (C=O) groups is 1. The van der Waals surface area contributed by atoms with Crippen molar-refractivity contribution in [3.63, 3.8) is 0 Å². The summed E-state index contributed by atoms with van der Waals surface area (Å²) in [4.78, 5) is 16.6. The van der Waals surface area contributed by atoms with Gasteiger partial charge in [0, 0.05) is 11.9 Å². The minimum absolute atomic E-state index is 0.335. The van der Waals surface area contributed by atoms with Crippen molar-refractivity contribution in [1.82, 2.24) is 14.8 Å². The smallest absolute Gasteiger partial charge is 0.259 e. The average molecular weight is 310 g/mol. The zero-order valence-electron chi connectivity index (χ0n) is 12.7. The van der Waals surface area contributed by atoms with Gasteiger partial charge in [-0.2, -0.15) is 5.10 Å². The molecule has 0 atom stereocenters. The van der Waals surface area contributed by atoms with E-state index < -0.39 is 5.82 Å². The lowest BCUT2D eigenvalue weighted by molar-refractivity contribution is 0.102. The summed E-state index contributed by atoms with van der Waals surface area (Å²) in [7, 11) is 0. The number of hydrogen-bond acceptors (Lipinski definition) is 3. The first kappa shape index (κ1) is 14.9. The molecule has 0 bridgehead atoms. The molecular weight excluding hydrogens is 295 g/mol. The van der Waals surface area contributed by atoms with Crippen LogP contribution in [0.2, 0.25) is 0 Å². The van der Waals surface area contributed by atoms with Crippen LogP contribution in [0.4, 0.5) is 10.1 Å². The Labute approximate surface area is 132 Å². The predicted molar refractivity (Wildman–Crippen MR) is 85.2 cm³/mol. The molecule has 0 radical (unpaired) electrons. The molecule has 3 rings (SSSR count). The summed E-state index contributed by atoms with van der Waals surface area (Å²) in [5.74, 6) is -0.101. The number of pyridine rings is 1. The van der Waals surface area contributed by atoms with Gasteiger partial charge >= 0.3 is 0 Å². The highest BCUT2D eigenvalue weighted by Gasteiger charge is 2.16. The van der Waals surface area contributed by atoms with E-state index in [0.29, 0.717) is 22.8 Å². The SMILES string of the molecule is Cc1ccc(F)cc1NC(=O)c1cnn(-c2ccccn2)c1C. The van der Waals surface area contributed by atoms with Crippen molar-refractivity contribution in [2.45, 2.75) is 13.8 Å². The van der Waals surface area contributed by atoms with Crippen LogP contribution in [0.25, 0.3) is 5.82 Å². The summed E-state index contributed by atoms with van der Waals surface area (Å²) in [5.41, 5.74) is 2.31. The van der Waals surface area contributed by atoms with Crippen molar-refractivity contribution in [1.29, 1.82) is 0 Å². The van der Waals surface area contributed by atoms with E-state index in [4.69, 9.17) is 0 Å². The zero-order valence-corrected chi connectivity index (χ0v) is 12.7. The first-order chi connectivity index (χ1) is 11.1. The van der Waals surface area contributed by atoms with Crippen LogP contribution in [0.5, 0.6) is 0 Å². The number of halogens is 1. The fourth-order valence-corrected chi connectivity index (χ4v) is 2.26. The predicted octanol–water partition coefficient (Wildman–Crippen LogP) is 3.28. The maximum atomic E-state index is 13.3. The molecule has 1 N–H and O–H groups in total. The van der Waals surface area contributed by atoms with Crippen LogP contribution in [0.15, 0.2) is 48.8 Å². The fourth-order valence-electron chi connectivity index (χ4n) is 2.26. The number of nitrogens with zero attached hydrogens (tertiary/aromatic N) is 3. The van der Waals surface area contributed by atoms with E-state index in [1.807, 2.05) is 12.1 Å². The van der Waals surface area contributed by atoms with E-state index in [1.165, 1.54) is 18.3 Å². The number of amides is 1. The first-order valence-corrected chi connectivity index (χ1v) is 7.10. The van der Waals surface area contributed by atoms with E-state index in [9.17, 15) is 9.18 Å². The molecule has 2 heterocycles. The zero-order chi connectivity index (χ0) is 16.4. The van der Waals surface area contributed by atoms with Crippen molar-refractivity contribution in [3.8, 4) is 5.82 Å². The Kier molecular flexibility index (Phi) is 3.89. The van der Waals surface area contributed by atoms with Crippen molar-refractivity contribution in [3.05, 3.63) is 71.4 Å². The minimum Gasteiger partial charge on any atom is -0.322 e. The molecule has 0 aliphatic heterocycles. The summed E-state index contributed by atoms with van der Waals surface area (Å²) in [5, 5.41) is 6.93. The molecule has 6 heteroatoms. The maximum Gasteiger partial charge on any atom is 0.259 e. The van der Waals surface area contributed by atoms with Crippen LogP contribution in [0, 0.1) is 19.7 Å². The molecule has 1 amide bonds. The van der Waals surface area contributed by atoms with Crippen LogP contribution < -0.4 is 5.32 Å². The molecule has 0 aliphatic rings. The standard InChI is InChI=1S/C17H15FN4O/c1-11-6-7-13(18)9-15(11)21-17(23)14-10-20-22(12(14)2)16-5-3-4-8-19-16/h3-10H,1-2H3,(H,21,23). The molecule has 1 aromatic carbocycles. The third-order valence-electron chi connectivity index (χ3n) is 3.57. The van der Waals surface area contributed by atoms with Gasteiger partial charge in [-0.1, -0.05) is 12.1 Å². The maximum absolute atomic E-state index is 13.3. The second kappa shape index (κ2) is 6.00. The number of aryl methyl sites for hydroxylation is 1. The third-order valence-corrected chi connectivity index (χ3v) is 3.57. The van der Waals surface area contributed by atoms with Crippen LogP contribution in [-0.2, 0) is 0 Å². The van der Waals surface area contributed by atoms with E-state index in [-0.39, 0.29) is 5.91 Å². The first-order valence-electron chi connectivity index (χ1n) is 7.10. The Balaban J connectivity index is 1.89. The van der Waals surface area contributed by atoms with Gasteiger partial charge in [0.15, 0.2) is 5.82 Å². The molecule has 3 aromatic rings. The topological polar surface area (TPSA) is 59.8 Å². The Hall–Kier alpha value is -3.02. The summed E-state index contributed by atoms with van der Waals surface area (Å²) >= 11 is 0. The summed E-state index contributed by atoms with van der Waals surface area (Å²) in [6.45, 7) is 3.59. The third kappa shape index (κ3) is 2.96. The van der Waals surface area contributed by atoms with Crippen LogP contribution in [-0.4, -0.2) is 20.7 Å². The molecule has 116 valence electrons. The molecule has 0 aliphatic carbocycles. The summed E-state index contributed by atoms with van der Waals surface area (Å²) in [6.07, 6.45) is 3.14. The largest absolute Gasteiger partial charge is 0.322 e. The number of benzene rings is 1. The quantitative estimate of drug-likeness (QED) is 0.807. The van der Waals surface area contributed by atoms with E-state index in [1.54, 1.807) is 36.9 Å². The van der Waals surface area contributed by atoms with Crippen LogP contribution in [0.1, 0.15) is 21.6 Å². The van der Waals surface area contributed by atoms with Crippen molar-refractivity contribution >= 4 is 11.6 Å². The number of nitrogens with one attached hydrogen (secondary N) is 1. The number of aromatic nitrogens is 3. The van der Waals surface area contributed by atoms with Gasteiger partial charge < -0.3 is 5.32 Å². The van der Waals surface area contributed by atoms with Crippen molar-refractivity contribution < 1.29 is 9.18 Å². The molecular formula is C17H15FN4O. The highest BCUT2D eigenvalue weighted by atomic mass is 19.1. The van der Waals surface area contributed by atoms with Gasteiger partial charge in [-0.3, -0.25) is 4.79 Å². The minimum atomic E-state index is -0.396. The van der Waals surface area contributed by atoms with Gasteiger partial charge in [0.1, 0.15) is 5.82 Å². The second-order valence-electron chi connectivity index (χ2n) is 5.16. The van der Waals surface area contributed by atoms with Gasteiger partial charge in [-0.05, 0) is 43.7 Å². The molecule has 2 aromatic heterocycles. The second-order valence-corrected chi connectivity index (χ2v) is 5.16. The summed E-state index contributed by atoms with van der Waals surface area (Å²) < 4.78 is 14.9. The van der Waals surface area contributed by atoms with Gasteiger partial charge in [-0.25, -0.2) is 14.1 Å². The van der Waals surface area contributed by atoms with Gasteiger partial charge in [0.25, 0.3) is 5.91 Å². The lowest BCUT2D eigenvalue weighted by Gasteiger charge is -2.08. The molecule has 5 nitrogen and oxygen atoms in total. The Morgan fingerprint density at radius 1 is 1.22 bits per heavy atom. The molecule has 0 spiro atoms. The number of carbonyl (C=O) groups excluding carboxylic acids is 1. The van der Waals surface area contributed by atoms with Gasteiger partial charge in [0.2, 0.25) is 0 Å². The molecule has 0 saturated heterocycles. The molecule has 0 fully saturated rings. The normalized spacial score (nSPS) is 10.6. The Morgan fingerprint density at radius 3 is 2.78 bits per heavy atom. The van der Waals surface area contributed by atoms with Crippen molar-refractivity contribution in [2.24, 2.45) is 0 Å². The number of anilines is 1. The monoisotopic (exact) mass is 310 g/mol. The average Bonchev–Trinajstić information content (AvgIpc) is 2.93. The van der Waals surface area contributed by atoms with Gasteiger partial charge in [-0.15, -0.1) is 0 Å². The van der Waals surface area contributed by atoms with Crippen LogP contribution in [0.3, 0.4) is 0 Å². The van der Waals surface area contributed by atoms with Crippen molar-refractivity contribution in [2.75, 3.05) is 5.32 Å². The highest BCUT2D eigenvalue weighted by molar-refractivity contribution is 6.05. The molecule has 0 saturated carbocycles. The lowest BCUT2D eigenvalue weighted by Crippen LogP contribution is -2.14. The Bertz CT molecular complexity index is 858. The van der Waals surface area contributed by atoms with Crippen LogP contribution >= 0.6 is 0 Å². The number of rotatable bonds is 3. The fraction of sp³-hybridized carbons (Fsp3) is 0.118. The number of hydrogen-bond donors (Lipinski definition) is 1. The lowest BCUT2D eigenvalue weighted by atomic mass is 10.1. The summed E-state index contributed by atoms with van der Waals surface area (Å²) in [6, 6.07) is 9.73.